The number of anilines is 1. The molecular formula is C30H28N2O7S. The van der Waals surface area contributed by atoms with Crippen molar-refractivity contribution in [3.63, 3.8) is 0 Å². The SMILES string of the molecule is CCCCOc1ccc(C2C(C(=O)c3cc4cccc(OC)c4o3)=C(O)C(=O)N2c2nc(C)c(C(C)=O)s2)cc1. The van der Waals surface area contributed by atoms with Crippen molar-refractivity contribution < 1.29 is 33.4 Å². The number of Topliss-reactive ketones (excluding diaryl/α,β-unsaturated/α-hetero) is 2. The Labute approximate surface area is 234 Å². The Balaban J connectivity index is 1.61. The molecule has 0 saturated carbocycles. The molecule has 4 aromatic rings. The largest absolute Gasteiger partial charge is 0.503 e. The number of rotatable bonds is 10. The van der Waals surface area contributed by atoms with Gasteiger partial charge in [0, 0.05) is 12.3 Å². The predicted molar refractivity (Wildman–Crippen MR) is 151 cm³/mol. The Morgan fingerprint density at radius 3 is 2.58 bits per heavy atom. The Bertz CT molecular complexity index is 1650. The van der Waals surface area contributed by atoms with Gasteiger partial charge in [-0.25, -0.2) is 4.98 Å². The third kappa shape index (κ3) is 4.75. The fourth-order valence-corrected chi connectivity index (χ4v) is 5.67. The zero-order valence-electron chi connectivity index (χ0n) is 22.5. The van der Waals surface area contributed by atoms with Crippen molar-refractivity contribution >= 4 is 44.9 Å². The second-order valence-corrected chi connectivity index (χ2v) is 10.4. The van der Waals surface area contributed by atoms with Crippen LogP contribution in [0.1, 0.15) is 64.2 Å². The topological polar surface area (TPSA) is 119 Å². The van der Waals surface area contributed by atoms with Gasteiger partial charge in [0.05, 0.1) is 35.9 Å². The first-order valence-corrected chi connectivity index (χ1v) is 13.7. The van der Waals surface area contributed by atoms with Crippen LogP contribution in [0.4, 0.5) is 5.13 Å². The minimum atomic E-state index is -1.02. The number of unbranched alkanes of at least 4 members (excludes halogenated alkanes) is 1. The van der Waals surface area contributed by atoms with E-state index in [4.69, 9.17) is 13.9 Å². The maximum Gasteiger partial charge on any atom is 0.296 e. The van der Waals surface area contributed by atoms with Crippen LogP contribution >= 0.6 is 11.3 Å². The lowest BCUT2D eigenvalue weighted by atomic mass is 9.95. The van der Waals surface area contributed by atoms with Gasteiger partial charge in [-0.15, -0.1) is 0 Å². The quantitative estimate of drug-likeness (QED) is 0.176. The van der Waals surface area contributed by atoms with Gasteiger partial charge in [-0.2, -0.15) is 0 Å². The number of carbonyl (C=O) groups is 3. The van der Waals surface area contributed by atoms with E-state index >= 15 is 0 Å². The van der Waals surface area contributed by atoms with E-state index in [0.29, 0.717) is 45.2 Å². The third-order valence-corrected chi connectivity index (χ3v) is 7.94. The van der Waals surface area contributed by atoms with E-state index < -0.39 is 23.5 Å². The van der Waals surface area contributed by atoms with Gasteiger partial charge < -0.3 is 19.0 Å². The molecule has 206 valence electrons. The van der Waals surface area contributed by atoms with Gasteiger partial charge in [0.25, 0.3) is 5.91 Å². The zero-order valence-corrected chi connectivity index (χ0v) is 23.3. The molecule has 9 nitrogen and oxygen atoms in total. The minimum Gasteiger partial charge on any atom is -0.503 e. The summed E-state index contributed by atoms with van der Waals surface area (Å²) in [5.74, 6) is -1.31. The molecule has 0 fully saturated rings. The maximum atomic E-state index is 13.9. The van der Waals surface area contributed by atoms with Crippen LogP contribution < -0.4 is 14.4 Å². The lowest BCUT2D eigenvalue weighted by Crippen LogP contribution is -2.31. The number of ether oxygens (including phenoxy) is 2. The normalized spacial score (nSPS) is 15.2. The summed E-state index contributed by atoms with van der Waals surface area (Å²) in [5.41, 5.74) is 1.23. The Kier molecular flexibility index (Phi) is 7.44. The number of aromatic nitrogens is 1. The Morgan fingerprint density at radius 1 is 1.18 bits per heavy atom. The van der Waals surface area contributed by atoms with Crippen LogP contribution in [0.15, 0.2) is 64.3 Å². The van der Waals surface area contributed by atoms with E-state index in [1.807, 2.05) is 0 Å². The molecular weight excluding hydrogens is 532 g/mol. The van der Waals surface area contributed by atoms with Gasteiger partial charge in [-0.05, 0) is 43.2 Å². The van der Waals surface area contributed by atoms with Crippen LogP contribution in [0.25, 0.3) is 11.0 Å². The molecule has 1 unspecified atom stereocenters. The van der Waals surface area contributed by atoms with E-state index in [9.17, 15) is 19.5 Å². The highest BCUT2D eigenvalue weighted by Gasteiger charge is 2.47. The summed E-state index contributed by atoms with van der Waals surface area (Å²) in [4.78, 5) is 45.7. The zero-order chi connectivity index (χ0) is 28.6. The van der Waals surface area contributed by atoms with E-state index in [-0.39, 0.29) is 22.2 Å². The molecule has 40 heavy (non-hydrogen) atoms. The lowest BCUT2D eigenvalue weighted by Gasteiger charge is -2.24. The highest BCUT2D eigenvalue weighted by atomic mass is 32.1. The number of hydrogen-bond donors (Lipinski definition) is 1. The Morgan fingerprint density at radius 2 is 1.93 bits per heavy atom. The lowest BCUT2D eigenvalue weighted by molar-refractivity contribution is -0.117. The first-order valence-electron chi connectivity index (χ1n) is 12.8. The molecule has 1 amide bonds. The summed E-state index contributed by atoms with van der Waals surface area (Å²) in [7, 11) is 1.50. The number of aliphatic hydroxyl groups excluding tert-OH is 1. The number of para-hydroxylation sites is 1. The molecule has 10 heteroatoms. The highest BCUT2D eigenvalue weighted by molar-refractivity contribution is 7.17. The van der Waals surface area contributed by atoms with Crippen LogP contribution in [0, 0.1) is 6.92 Å². The maximum absolute atomic E-state index is 13.9. The van der Waals surface area contributed by atoms with Crippen molar-refractivity contribution in [1.82, 2.24) is 4.98 Å². The molecule has 0 aliphatic carbocycles. The molecule has 1 aliphatic heterocycles. The second-order valence-electron chi connectivity index (χ2n) is 9.40. The number of thiazole rings is 1. The van der Waals surface area contributed by atoms with Gasteiger partial charge in [0.2, 0.25) is 5.78 Å². The molecule has 2 aromatic carbocycles. The van der Waals surface area contributed by atoms with E-state index in [0.717, 1.165) is 24.2 Å². The van der Waals surface area contributed by atoms with Crippen molar-refractivity contribution in [2.24, 2.45) is 0 Å². The number of hydrogen-bond acceptors (Lipinski definition) is 9. The number of aryl methyl sites for hydroxylation is 1. The van der Waals surface area contributed by atoms with E-state index in [2.05, 4.69) is 11.9 Å². The Hall–Kier alpha value is -4.44. The summed E-state index contributed by atoms with van der Waals surface area (Å²) < 4.78 is 17.0. The number of carbonyl (C=O) groups excluding carboxylic acids is 3. The van der Waals surface area contributed by atoms with Crippen molar-refractivity contribution in [2.45, 2.75) is 39.7 Å². The fourth-order valence-electron chi connectivity index (χ4n) is 4.68. The number of amides is 1. The highest BCUT2D eigenvalue weighted by Crippen LogP contribution is 2.44. The summed E-state index contributed by atoms with van der Waals surface area (Å²) >= 11 is 1.03. The average molecular weight is 561 g/mol. The van der Waals surface area contributed by atoms with Gasteiger partial charge >= 0.3 is 0 Å². The second kappa shape index (κ2) is 11.0. The first kappa shape index (κ1) is 27.1. The standard InChI is InChI=1S/C30H28N2O7S/c1-5-6-14-38-20-12-10-18(11-13-20)24-23(25(34)22-15-19-8-7-9-21(37-4)27(19)39-22)26(35)29(36)32(24)30-31-16(2)28(40-30)17(3)33/h7-13,15,24,35H,5-6,14H2,1-4H3. The van der Waals surface area contributed by atoms with Gasteiger partial charge in [-0.1, -0.05) is 48.9 Å². The molecule has 1 N–H and O–H groups in total. The predicted octanol–water partition coefficient (Wildman–Crippen LogP) is 6.37. The van der Waals surface area contributed by atoms with Crippen LogP contribution in [0.2, 0.25) is 0 Å². The summed E-state index contributed by atoms with van der Waals surface area (Å²) in [6.07, 6.45) is 1.90. The van der Waals surface area contributed by atoms with Crippen LogP contribution in [0.5, 0.6) is 11.5 Å². The van der Waals surface area contributed by atoms with Crippen molar-refractivity contribution in [3.05, 3.63) is 81.8 Å². The molecule has 0 bridgehead atoms. The minimum absolute atomic E-state index is 0.0556. The van der Waals surface area contributed by atoms with Crippen molar-refractivity contribution in [2.75, 3.05) is 18.6 Å². The molecule has 0 spiro atoms. The molecule has 2 aromatic heterocycles. The van der Waals surface area contributed by atoms with E-state index in [1.165, 1.54) is 18.9 Å². The van der Waals surface area contributed by atoms with Crippen molar-refractivity contribution in [1.29, 1.82) is 0 Å². The molecule has 3 heterocycles. The molecule has 5 rings (SSSR count). The molecule has 1 atom stereocenters. The monoisotopic (exact) mass is 560 g/mol. The number of benzene rings is 2. The molecule has 0 saturated heterocycles. The van der Waals surface area contributed by atoms with Gasteiger partial charge in [0.1, 0.15) is 5.75 Å². The van der Waals surface area contributed by atoms with Crippen LogP contribution in [-0.4, -0.2) is 41.3 Å². The van der Waals surface area contributed by atoms with E-state index in [1.54, 1.807) is 55.5 Å². The summed E-state index contributed by atoms with van der Waals surface area (Å²) in [6, 6.07) is 12.8. The number of aliphatic hydroxyl groups is 1. The number of ketones is 2. The van der Waals surface area contributed by atoms with Gasteiger partial charge in [0.15, 0.2) is 33.8 Å². The van der Waals surface area contributed by atoms with Gasteiger partial charge in [-0.3, -0.25) is 19.3 Å². The average Bonchev–Trinajstić information content (AvgIpc) is 3.63. The summed E-state index contributed by atoms with van der Waals surface area (Å²) in [5, 5.41) is 11.9. The third-order valence-electron chi connectivity index (χ3n) is 6.68. The number of methoxy groups -OCH3 is 1. The number of furan rings is 1. The molecule has 1 aliphatic rings. The van der Waals surface area contributed by atoms with Crippen LogP contribution in [-0.2, 0) is 4.79 Å². The smallest absolute Gasteiger partial charge is 0.296 e. The molecule has 0 radical (unpaired) electrons. The number of fused-ring (bicyclic) bond motifs is 1. The number of nitrogens with zero attached hydrogens (tertiary/aromatic N) is 2. The first-order chi connectivity index (χ1) is 19.2. The summed E-state index contributed by atoms with van der Waals surface area (Å²) in [6.45, 7) is 5.74. The van der Waals surface area contributed by atoms with Crippen LogP contribution in [0.3, 0.4) is 0 Å². The fraction of sp³-hybridized carbons (Fsp3) is 0.267. The van der Waals surface area contributed by atoms with Crippen molar-refractivity contribution in [3.8, 4) is 11.5 Å².